The first kappa shape index (κ1) is 21.6. The molecule has 0 bridgehead atoms. The van der Waals surface area contributed by atoms with Crippen LogP contribution in [0.1, 0.15) is 38.2 Å². The van der Waals surface area contributed by atoms with Crippen molar-refractivity contribution in [1.82, 2.24) is 14.1 Å². The third-order valence-electron chi connectivity index (χ3n) is 5.68. The van der Waals surface area contributed by atoms with Crippen LogP contribution in [-0.4, -0.2) is 80.4 Å². The Kier molecular flexibility index (Phi) is 6.48. The van der Waals surface area contributed by atoms with Gasteiger partial charge in [-0.05, 0) is 36.5 Å². The van der Waals surface area contributed by atoms with Crippen molar-refractivity contribution in [2.24, 2.45) is 0 Å². The predicted molar refractivity (Wildman–Crippen MR) is 108 cm³/mol. The van der Waals surface area contributed by atoms with Crippen molar-refractivity contribution in [2.45, 2.75) is 43.5 Å². The Morgan fingerprint density at radius 1 is 1.03 bits per heavy atom. The van der Waals surface area contributed by atoms with E-state index < -0.39 is 22.2 Å². The molecule has 1 aromatic carbocycles. The van der Waals surface area contributed by atoms with Crippen LogP contribution in [0, 0.1) is 0 Å². The second-order valence-corrected chi connectivity index (χ2v) is 9.71. The zero-order valence-corrected chi connectivity index (χ0v) is 18.0. The molecule has 0 aliphatic carbocycles. The molecule has 2 fully saturated rings. The van der Waals surface area contributed by atoms with Gasteiger partial charge in [-0.25, -0.2) is 13.2 Å². The van der Waals surface area contributed by atoms with Crippen molar-refractivity contribution in [3.63, 3.8) is 0 Å². The average molecular weight is 424 g/mol. The van der Waals surface area contributed by atoms with Gasteiger partial charge in [0.1, 0.15) is 6.04 Å². The van der Waals surface area contributed by atoms with Crippen LogP contribution in [0.4, 0.5) is 4.79 Å². The van der Waals surface area contributed by atoms with E-state index >= 15 is 0 Å². The molecule has 3 rings (SSSR count). The highest BCUT2D eigenvalue weighted by molar-refractivity contribution is 7.89. The van der Waals surface area contributed by atoms with Gasteiger partial charge in [-0.2, -0.15) is 4.31 Å². The number of likely N-dealkylation sites (tertiary alicyclic amines) is 1. The van der Waals surface area contributed by atoms with Gasteiger partial charge in [-0.15, -0.1) is 0 Å². The number of sulfonamides is 1. The quantitative estimate of drug-likeness (QED) is 0.738. The number of methoxy groups -OCH3 is 1. The summed E-state index contributed by atoms with van der Waals surface area (Å²) in [5.41, 5.74) is 1.09. The van der Waals surface area contributed by atoms with E-state index in [0.29, 0.717) is 32.0 Å². The van der Waals surface area contributed by atoms with E-state index in [4.69, 9.17) is 4.74 Å². The van der Waals surface area contributed by atoms with Crippen LogP contribution in [0.15, 0.2) is 29.2 Å². The fourth-order valence-electron chi connectivity index (χ4n) is 3.89. The number of rotatable bonds is 4. The van der Waals surface area contributed by atoms with Crippen LogP contribution in [0.3, 0.4) is 0 Å². The highest BCUT2D eigenvalue weighted by Crippen LogP contribution is 2.24. The SMILES string of the molecule is COC(=O)N1CCCC1C(=O)N1CCN(S(=O)(=O)c2ccc(C(C)C)cc2)CC1. The van der Waals surface area contributed by atoms with Crippen molar-refractivity contribution >= 4 is 22.0 Å². The van der Waals surface area contributed by atoms with Crippen molar-refractivity contribution in [1.29, 1.82) is 0 Å². The molecule has 160 valence electrons. The van der Waals surface area contributed by atoms with Gasteiger partial charge in [0, 0.05) is 32.7 Å². The summed E-state index contributed by atoms with van der Waals surface area (Å²) >= 11 is 0. The molecule has 2 amide bonds. The molecule has 1 aromatic rings. The van der Waals surface area contributed by atoms with Gasteiger partial charge >= 0.3 is 6.09 Å². The van der Waals surface area contributed by atoms with Crippen LogP contribution in [0.25, 0.3) is 0 Å². The Bertz CT molecular complexity index is 845. The molecule has 8 nitrogen and oxygen atoms in total. The molecule has 0 radical (unpaired) electrons. The minimum atomic E-state index is -3.59. The Morgan fingerprint density at radius 2 is 1.66 bits per heavy atom. The predicted octanol–water partition coefficient (Wildman–Crippen LogP) is 1.87. The zero-order chi connectivity index (χ0) is 21.2. The number of ether oxygens (including phenoxy) is 1. The van der Waals surface area contributed by atoms with Crippen LogP contribution in [0.2, 0.25) is 0 Å². The monoisotopic (exact) mass is 423 g/mol. The molecule has 9 heteroatoms. The van der Waals surface area contributed by atoms with Crippen molar-refractivity contribution in [3.8, 4) is 0 Å². The largest absolute Gasteiger partial charge is 0.453 e. The normalized spacial score (nSPS) is 20.9. The number of hydrogen-bond donors (Lipinski definition) is 0. The highest BCUT2D eigenvalue weighted by atomic mass is 32.2. The lowest BCUT2D eigenvalue weighted by atomic mass is 10.0. The van der Waals surface area contributed by atoms with Crippen molar-refractivity contribution in [3.05, 3.63) is 29.8 Å². The van der Waals surface area contributed by atoms with Gasteiger partial charge in [-0.3, -0.25) is 9.69 Å². The van der Waals surface area contributed by atoms with Crippen LogP contribution in [0.5, 0.6) is 0 Å². The molecule has 0 aromatic heterocycles. The fourth-order valence-corrected chi connectivity index (χ4v) is 5.31. The maximum Gasteiger partial charge on any atom is 0.410 e. The lowest BCUT2D eigenvalue weighted by Gasteiger charge is -2.36. The summed E-state index contributed by atoms with van der Waals surface area (Å²) in [6.45, 7) is 5.73. The van der Waals surface area contributed by atoms with Crippen molar-refractivity contribution in [2.75, 3.05) is 39.8 Å². The van der Waals surface area contributed by atoms with E-state index in [1.807, 2.05) is 12.1 Å². The molecule has 0 saturated carbocycles. The number of amides is 2. The van der Waals surface area contributed by atoms with Gasteiger partial charge < -0.3 is 9.64 Å². The number of carbonyl (C=O) groups excluding carboxylic acids is 2. The van der Waals surface area contributed by atoms with Crippen LogP contribution >= 0.6 is 0 Å². The Morgan fingerprint density at radius 3 is 2.21 bits per heavy atom. The van der Waals surface area contributed by atoms with E-state index in [1.165, 1.54) is 16.3 Å². The number of nitrogens with zero attached hydrogens (tertiary/aromatic N) is 3. The molecular formula is C20H29N3O5S. The maximum absolute atomic E-state index is 12.9. The maximum atomic E-state index is 12.9. The number of benzene rings is 1. The second-order valence-electron chi connectivity index (χ2n) is 7.77. The smallest absolute Gasteiger partial charge is 0.410 e. The standard InChI is InChI=1S/C20H29N3O5S/c1-15(2)16-6-8-17(9-7-16)29(26,27)22-13-11-21(12-14-22)19(24)18-5-4-10-23(18)20(25)28-3/h6-9,15,18H,4-5,10-14H2,1-3H3. The first-order valence-corrected chi connectivity index (χ1v) is 11.4. The first-order chi connectivity index (χ1) is 13.8. The number of carbonyl (C=O) groups is 2. The molecule has 0 N–H and O–H groups in total. The Labute approximate surface area is 172 Å². The lowest BCUT2D eigenvalue weighted by Crippen LogP contribution is -2.55. The third-order valence-corrected chi connectivity index (χ3v) is 7.59. The zero-order valence-electron chi connectivity index (χ0n) is 17.2. The molecule has 1 atom stereocenters. The minimum Gasteiger partial charge on any atom is -0.453 e. The van der Waals surface area contributed by atoms with Crippen LogP contribution in [-0.2, 0) is 19.6 Å². The summed E-state index contributed by atoms with van der Waals surface area (Å²) in [7, 11) is -2.28. The fraction of sp³-hybridized carbons (Fsp3) is 0.600. The average Bonchev–Trinajstić information content (AvgIpc) is 3.22. The second kappa shape index (κ2) is 8.71. The van der Waals surface area contributed by atoms with Crippen molar-refractivity contribution < 1.29 is 22.7 Å². The topological polar surface area (TPSA) is 87.2 Å². The Balaban J connectivity index is 1.63. The molecule has 2 heterocycles. The summed E-state index contributed by atoms with van der Waals surface area (Å²) < 4.78 is 32.1. The summed E-state index contributed by atoms with van der Waals surface area (Å²) in [6, 6.07) is 6.47. The molecule has 2 saturated heterocycles. The number of piperazine rings is 1. The van der Waals surface area contributed by atoms with Gasteiger partial charge in [-0.1, -0.05) is 26.0 Å². The molecule has 0 spiro atoms. The minimum absolute atomic E-state index is 0.133. The van der Waals surface area contributed by atoms with E-state index in [2.05, 4.69) is 13.8 Å². The van der Waals surface area contributed by atoms with Gasteiger partial charge in [0.05, 0.1) is 12.0 Å². The van der Waals surface area contributed by atoms with E-state index in [0.717, 1.165) is 12.0 Å². The van der Waals surface area contributed by atoms with E-state index in [1.54, 1.807) is 17.0 Å². The summed E-state index contributed by atoms with van der Waals surface area (Å²) in [5, 5.41) is 0. The van der Waals surface area contributed by atoms with E-state index in [-0.39, 0.29) is 23.9 Å². The van der Waals surface area contributed by atoms with Gasteiger partial charge in [0.15, 0.2) is 0 Å². The molecule has 1 unspecified atom stereocenters. The van der Waals surface area contributed by atoms with Gasteiger partial charge in [0.2, 0.25) is 15.9 Å². The highest BCUT2D eigenvalue weighted by Gasteiger charge is 2.39. The summed E-state index contributed by atoms with van der Waals surface area (Å²) in [5.74, 6) is 0.202. The first-order valence-electron chi connectivity index (χ1n) is 9.99. The number of hydrogen-bond acceptors (Lipinski definition) is 5. The molecular weight excluding hydrogens is 394 g/mol. The summed E-state index contributed by atoms with van der Waals surface area (Å²) in [4.78, 5) is 28.1. The molecule has 2 aliphatic heterocycles. The third kappa shape index (κ3) is 4.40. The lowest BCUT2D eigenvalue weighted by molar-refractivity contribution is -0.136. The Hall–Kier alpha value is -2.13. The van der Waals surface area contributed by atoms with Crippen LogP contribution < -0.4 is 0 Å². The summed E-state index contributed by atoms with van der Waals surface area (Å²) in [6.07, 6.45) is 0.868. The van der Waals surface area contributed by atoms with E-state index in [9.17, 15) is 18.0 Å². The van der Waals surface area contributed by atoms with Gasteiger partial charge in [0.25, 0.3) is 0 Å². The molecule has 2 aliphatic rings. The molecule has 29 heavy (non-hydrogen) atoms.